The van der Waals surface area contributed by atoms with Crippen molar-refractivity contribution in [1.82, 2.24) is 0 Å². The Morgan fingerprint density at radius 2 is 0.806 bits per heavy atom. The zero-order chi connectivity index (χ0) is 41.0. The average Bonchev–Trinajstić information content (AvgIpc) is 3.75. The summed E-state index contributed by atoms with van der Waals surface area (Å²) in [4.78, 5) is 2.38. The predicted molar refractivity (Wildman–Crippen MR) is 263 cm³/mol. The Bertz CT molecular complexity index is 3610. The molecule has 0 amide bonds. The van der Waals surface area contributed by atoms with Crippen molar-refractivity contribution in [2.75, 3.05) is 4.90 Å². The molecule has 0 unspecified atom stereocenters. The van der Waals surface area contributed by atoms with E-state index >= 15 is 0 Å². The van der Waals surface area contributed by atoms with Gasteiger partial charge in [-0.25, -0.2) is 0 Å². The fourth-order valence-corrected chi connectivity index (χ4v) is 9.40. The number of nitrogens with zero attached hydrogens (tertiary/aromatic N) is 1. The monoisotopic (exact) mass is 789 g/mol. The second kappa shape index (κ2) is 14.8. The molecule has 0 bridgehead atoms. The first kappa shape index (κ1) is 35.7. The molecule has 0 radical (unpaired) electrons. The van der Waals surface area contributed by atoms with Gasteiger partial charge in [0.05, 0.1) is 11.1 Å². The van der Waals surface area contributed by atoms with Gasteiger partial charge in [0.15, 0.2) is 0 Å². The first-order valence-corrected chi connectivity index (χ1v) is 21.2. The molecule has 12 aromatic rings. The van der Waals surface area contributed by atoms with E-state index < -0.39 is 0 Å². The summed E-state index contributed by atoms with van der Waals surface area (Å²) in [5.41, 5.74) is 14.5. The molecule has 11 aromatic carbocycles. The van der Waals surface area contributed by atoms with Crippen LogP contribution < -0.4 is 4.90 Å². The summed E-state index contributed by atoms with van der Waals surface area (Å²) >= 11 is 0. The van der Waals surface area contributed by atoms with E-state index in [1.165, 1.54) is 60.5 Å². The Balaban J connectivity index is 0.994. The van der Waals surface area contributed by atoms with Crippen LogP contribution in [0.5, 0.6) is 0 Å². The average molecular weight is 790 g/mol. The maximum absolute atomic E-state index is 6.71. The van der Waals surface area contributed by atoms with Crippen LogP contribution in [0.4, 0.5) is 17.1 Å². The molecule has 0 saturated heterocycles. The number of anilines is 3. The zero-order valence-corrected chi connectivity index (χ0v) is 33.9. The fraction of sp³-hybridized carbons (Fsp3) is 0. The van der Waals surface area contributed by atoms with Gasteiger partial charge in [0.2, 0.25) is 0 Å². The van der Waals surface area contributed by atoms with Crippen molar-refractivity contribution in [3.05, 3.63) is 237 Å². The molecule has 62 heavy (non-hydrogen) atoms. The van der Waals surface area contributed by atoms with Crippen molar-refractivity contribution in [2.24, 2.45) is 0 Å². The highest BCUT2D eigenvalue weighted by atomic mass is 16.3. The molecule has 12 rings (SSSR count). The van der Waals surface area contributed by atoms with Crippen LogP contribution >= 0.6 is 0 Å². The molecule has 290 valence electrons. The molecular weight excluding hydrogens is 751 g/mol. The Morgan fingerprint density at radius 1 is 0.290 bits per heavy atom. The third-order valence-electron chi connectivity index (χ3n) is 12.5. The van der Waals surface area contributed by atoms with E-state index in [-0.39, 0.29) is 0 Å². The molecule has 2 nitrogen and oxygen atoms in total. The van der Waals surface area contributed by atoms with Crippen LogP contribution in [0.1, 0.15) is 0 Å². The standard InChI is InChI=1S/C60H39NO/c1-3-12-40(13-4-1)47-30-35-52(56(39-47)42-14-5-2-6-15-42)45-26-33-50(34-27-45)61(57-20-11-21-58-59(57)55-37-28-44-17-8-10-19-54(44)60(55)62-58)49-31-24-41(25-32-49)46-29-36-53-48(38-46)23-22-43-16-7-9-18-51(43)53/h1-39H. The molecule has 0 aliphatic carbocycles. The summed E-state index contributed by atoms with van der Waals surface area (Å²) in [7, 11) is 0. The normalized spacial score (nSPS) is 11.5. The van der Waals surface area contributed by atoms with Gasteiger partial charge in [0.1, 0.15) is 11.2 Å². The van der Waals surface area contributed by atoms with E-state index in [1.807, 2.05) is 0 Å². The van der Waals surface area contributed by atoms with Gasteiger partial charge in [-0.05, 0) is 126 Å². The van der Waals surface area contributed by atoms with Gasteiger partial charge < -0.3 is 9.32 Å². The van der Waals surface area contributed by atoms with Crippen LogP contribution in [0.15, 0.2) is 241 Å². The number of furan rings is 1. The van der Waals surface area contributed by atoms with Gasteiger partial charge in [0, 0.05) is 22.1 Å². The molecular formula is C60H39NO. The van der Waals surface area contributed by atoms with Crippen molar-refractivity contribution >= 4 is 71.3 Å². The Morgan fingerprint density at radius 3 is 1.56 bits per heavy atom. The van der Waals surface area contributed by atoms with Crippen LogP contribution in [0.2, 0.25) is 0 Å². The molecule has 0 aliphatic heterocycles. The quantitative estimate of drug-likeness (QED) is 0.150. The first-order chi connectivity index (χ1) is 30.7. The number of rotatable bonds is 7. The summed E-state index contributed by atoms with van der Waals surface area (Å²) in [5, 5.41) is 9.52. The van der Waals surface area contributed by atoms with E-state index in [1.54, 1.807) is 0 Å². The third-order valence-corrected chi connectivity index (χ3v) is 12.5. The largest absolute Gasteiger partial charge is 0.455 e. The number of hydrogen-bond donors (Lipinski definition) is 0. The zero-order valence-electron chi connectivity index (χ0n) is 33.9. The second-order valence-corrected chi connectivity index (χ2v) is 16.1. The highest BCUT2D eigenvalue weighted by molar-refractivity contribution is 6.19. The lowest BCUT2D eigenvalue weighted by Gasteiger charge is -2.27. The summed E-state index contributed by atoms with van der Waals surface area (Å²) < 4.78 is 6.71. The minimum Gasteiger partial charge on any atom is -0.455 e. The molecule has 1 heterocycles. The smallest absolute Gasteiger partial charge is 0.143 e. The predicted octanol–water partition coefficient (Wildman–Crippen LogP) is 17.2. The summed E-state index contributed by atoms with van der Waals surface area (Å²) in [6.45, 7) is 0. The number of benzene rings is 11. The Hall–Kier alpha value is -8.20. The lowest BCUT2D eigenvalue weighted by atomic mass is 9.91. The van der Waals surface area contributed by atoms with Crippen LogP contribution in [0, 0.1) is 0 Å². The van der Waals surface area contributed by atoms with Crippen molar-refractivity contribution < 1.29 is 4.42 Å². The molecule has 0 aliphatic rings. The highest BCUT2D eigenvalue weighted by Gasteiger charge is 2.21. The first-order valence-electron chi connectivity index (χ1n) is 21.2. The van der Waals surface area contributed by atoms with Crippen molar-refractivity contribution in [3.8, 4) is 44.5 Å². The number of hydrogen-bond acceptors (Lipinski definition) is 2. The van der Waals surface area contributed by atoms with E-state index in [0.29, 0.717) is 0 Å². The van der Waals surface area contributed by atoms with Gasteiger partial charge in [-0.2, -0.15) is 0 Å². The minimum absolute atomic E-state index is 0.863. The highest BCUT2D eigenvalue weighted by Crippen LogP contribution is 2.45. The Kier molecular flexibility index (Phi) is 8.53. The second-order valence-electron chi connectivity index (χ2n) is 16.1. The summed E-state index contributed by atoms with van der Waals surface area (Å²) in [6.07, 6.45) is 0. The maximum atomic E-state index is 6.71. The van der Waals surface area contributed by atoms with E-state index in [9.17, 15) is 0 Å². The lowest BCUT2D eigenvalue weighted by molar-refractivity contribution is 0.672. The van der Waals surface area contributed by atoms with Crippen LogP contribution in [-0.2, 0) is 0 Å². The maximum Gasteiger partial charge on any atom is 0.143 e. The molecule has 0 spiro atoms. The summed E-state index contributed by atoms with van der Waals surface area (Å²) in [6, 6.07) is 85.4. The third kappa shape index (κ3) is 6.12. The van der Waals surface area contributed by atoms with Crippen molar-refractivity contribution in [1.29, 1.82) is 0 Å². The SMILES string of the molecule is c1ccc(-c2ccc(-c3ccc(N(c4ccc(-c5ccc6c(ccc7ccccc76)c5)cc4)c4cccc5oc6c7ccccc7ccc6c45)cc3)c(-c3ccccc3)c2)cc1. The fourth-order valence-electron chi connectivity index (χ4n) is 9.40. The van der Waals surface area contributed by atoms with Gasteiger partial charge in [-0.3, -0.25) is 0 Å². The van der Waals surface area contributed by atoms with Crippen molar-refractivity contribution in [2.45, 2.75) is 0 Å². The molecule has 0 atom stereocenters. The van der Waals surface area contributed by atoms with Crippen LogP contribution in [0.3, 0.4) is 0 Å². The molecule has 1 aromatic heterocycles. The van der Waals surface area contributed by atoms with E-state index in [4.69, 9.17) is 4.42 Å². The van der Waals surface area contributed by atoms with E-state index in [0.717, 1.165) is 55.3 Å². The molecule has 0 N–H and O–H groups in total. The molecule has 0 fully saturated rings. The Labute approximate surface area is 360 Å². The van der Waals surface area contributed by atoms with E-state index in [2.05, 4.69) is 241 Å². The molecule has 0 saturated carbocycles. The van der Waals surface area contributed by atoms with Gasteiger partial charge in [-0.15, -0.1) is 0 Å². The lowest BCUT2D eigenvalue weighted by Crippen LogP contribution is -2.10. The van der Waals surface area contributed by atoms with Crippen LogP contribution in [0.25, 0.3) is 98.8 Å². The topological polar surface area (TPSA) is 16.4 Å². The minimum atomic E-state index is 0.863. The van der Waals surface area contributed by atoms with Crippen molar-refractivity contribution in [3.63, 3.8) is 0 Å². The molecule has 2 heteroatoms. The number of fused-ring (bicyclic) bond motifs is 8. The van der Waals surface area contributed by atoms with Crippen LogP contribution in [-0.4, -0.2) is 0 Å². The van der Waals surface area contributed by atoms with Gasteiger partial charge in [-0.1, -0.05) is 182 Å². The van der Waals surface area contributed by atoms with Gasteiger partial charge >= 0.3 is 0 Å². The van der Waals surface area contributed by atoms with Gasteiger partial charge in [0.25, 0.3) is 0 Å². The summed E-state index contributed by atoms with van der Waals surface area (Å²) in [5.74, 6) is 0.